The molecule has 1 aliphatic heterocycles. The van der Waals surface area contributed by atoms with Crippen LogP contribution in [0.5, 0.6) is 0 Å². The quantitative estimate of drug-likeness (QED) is 0.793. The summed E-state index contributed by atoms with van der Waals surface area (Å²) in [6.07, 6.45) is -0.0958. The summed E-state index contributed by atoms with van der Waals surface area (Å²) in [4.78, 5) is 14.1. The number of anilines is 1. The Morgan fingerprint density at radius 1 is 1.29 bits per heavy atom. The smallest absolute Gasteiger partial charge is 0.161 e. The molecule has 0 saturated carbocycles. The molecule has 0 spiro atoms. The molecule has 0 aromatic heterocycles. The van der Waals surface area contributed by atoms with E-state index in [0.717, 1.165) is 11.3 Å². The first-order chi connectivity index (χ1) is 11.6. The lowest BCUT2D eigenvalue weighted by atomic mass is 10.0. The molecule has 3 rings (SSSR count). The van der Waals surface area contributed by atoms with Gasteiger partial charge in [0, 0.05) is 29.4 Å². The van der Waals surface area contributed by atoms with Crippen molar-refractivity contribution in [2.45, 2.75) is 13.0 Å². The van der Waals surface area contributed by atoms with E-state index in [9.17, 15) is 4.79 Å². The Bertz CT molecular complexity index is 796. The average molecular weight is 341 g/mol. The van der Waals surface area contributed by atoms with Crippen LogP contribution in [-0.2, 0) is 4.74 Å². The van der Waals surface area contributed by atoms with Gasteiger partial charge in [0.1, 0.15) is 6.10 Å². The van der Waals surface area contributed by atoms with Crippen LogP contribution in [0.4, 0.5) is 5.69 Å². The molecule has 1 fully saturated rings. The van der Waals surface area contributed by atoms with Crippen molar-refractivity contribution in [1.82, 2.24) is 0 Å². The van der Waals surface area contributed by atoms with Crippen molar-refractivity contribution in [3.63, 3.8) is 0 Å². The molecular weight excluding hydrogens is 324 g/mol. The second-order valence-electron chi connectivity index (χ2n) is 5.76. The monoisotopic (exact) mass is 340 g/mol. The van der Waals surface area contributed by atoms with Gasteiger partial charge >= 0.3 is 0 Å². The summed E-state index contributed by atoms with van der Waals surface area (Å²) < 4.78 is 5.88. The summed E-state index contributed by atoms with van der Waals surface area (Å²) in [5.41, 5.74) is 3.02. The van der Waals surface area contributed by atoms with E-state index < -0.39 is 0 Å². The predicted molar refractivity (Wildman–Crippen MR) is 93.5 cm³/mol. The third-order valence-corrected chi connectivity index (χ3v) is 4.41. The second kappa shape index (κ2) is 7.04. The standard InChI is InChI=1S/C19H17ClN2O2/c1-13(23)17-7-2-14(11-21)10-18(17)22-8-9-24-19(12-22)15-3-5-16(20)6-4-15/h2-7,10,19H,8-9,12H2,1H3. The summed E-state index contributed by atoms with van der Waals surface area (Å²) in [5.74, 6) is -0.0102. The lowest BCUT2D eigenvalue weighted by Crippen LogP contribution is -2.39. The maximum Gasteiger partial charge on any atom is 0.161 e. The van der Waals surface area contributed by atoms with Gasteiger partial charge in [-0.1, -0.05) is 23.7 Å². The van der Waals surface area contributed by atoms with Gasteiger partial charge < -0.3 is 9.64 Å². The second-order valence-corrected chi connectivity index (χ2v) is 6.19. The van der Waals surface area contributed by atoms with Crippen LogP contribution in [0.25, 0.3) is 0 Å². The molecule has 2 aromatic rings. The average Bonchev–Trinajstić information content (AvgIpc) is 2.62. The molecule has 5 heteroatoms. The number of morpholine rings is 1. The van der Waals surface area contributed by atoms with E-state index in [4.69, 9.17) is 21.6 Å². The molecule has 2 aromatic carbocycles. The topological polar surface area (TPSA) is 53.3 Å². The van der Waals surface area contributed by atoms with Gasteiger partial charge in [0.15, 0.2) is 5.78 Å². The predicted octanol–water partition coefficient (Wildman–Crippen LogP) is 3.99. The van der Waals surface area contributed by atoms with Crippen LogP contribution < -0.4 is 4.90 Å². The van der Waals surface area contributed by atoms with Gasteiger partial charge in [-0.3, -0.25) is 4.79 Å². The Morgan fingerprint density at radius 2 is 2.04 bits per heavy atom. The van der Waals surface area contributed by atoms with Crippen LogP contribution in [0.2, 0.25) is 5.02 Å². The van der Waals surface area contributed by atoms with E-state index in [1.807, 2.05) is 24.3 Å². The fraction of sp³-hybridized carbons (Fsp3) is 0.263. The normalized spacial score (nSPS) is 17.4. The number of nitriles is 1. The molecule has 0 amide bonds. The molecule has 1 unspecified atom stereocenters. The maximum absolute atomic E-state index is 11.9. The van der Waals surface area contributed by atoms with Gasteiger partial charge in [-0.15, -0.1) is 0 Å². The number of carbonyl (C=O) groups is 1. The van der Waals surface area contributed by atoms with Crippen LogP contribution in [0.1, 0.15) is 34.5 Å². The summed E-state index contributed by atoms with van der Waals surface area (Å²) in [6, 6.07) is 14.9. The third kappa shape index (κ3) is 3.43. The number of benzene rings is 2. The molecule has 0 N–H and O–H groups in total. The number of Topliss-reactive ketones (excluding diaryl/α,β-unsaturated/α-hetero) is 1. The van der Waals surface area contributed by atoms with Crippen molar-refractivity contribution in [3.8, 4) is 6.07 Å². The van der Waals surface area contributed by atoms with Crippen molar-refractivity contribution in [3.05, 3.63) is 64.2 Å². The fourth-order valence-electron chi connectivity index (χ4n) is 2.91. The van der Waals surface area contributed by atoms with Gasteiger partial charge in [-0.2, -0.15) is 5.26 Å². The number of halogens is 1. The molecule has 1 saturated heterocycles. The lowest BCUT2D eigenvalue weighted by Gasteiger charge is -2.35. The zero-order chi connectivity index (χ0) is 17.1. The Morgan fingerprint density at radius 3 is 2.71 bits per heavy atom. The Balaban J connectivity index is 1.91. The highest BCUT2D eigenvalue weighted by molar-refractivity contribution is 6.30. The van der Waals surface area contributed by atoms with Gasteiger partial charge in [0.2, 0.25) is 0 Å². The first-order valence-electron chi connectivity index (χ1n) is 7.75. The molecule has 0 radical (unpaired) electrons. The van der Waals surface area contributed by atoms with E-state index in [-0.39, 0.29) is 11.9 Å². The summed E-state index contributed by atoms with van der Waals surface area (Å²) >= 11 is 5.94. The number of rotatable bonds is 3. The van der Waals surface area contributed by atoms with Crippen LogP contribution in [-0.4, -0.2) is 25.5 Å². The zero-order valence-corrected chi connectivity index (χ0v) is 14.1. The molecular formula is C19H17ClN2O2. The number of nitrogens with zero attached hydrogens (tertiary/aromatic N) is 2. The molecule has 24 heavy (non-hydrogen) atoms. The highest BCUT2D eigenvalue weighted by Gasteiger charge is 2.24. The minimum absolute atomic E-state index is 0.0102. The number of carbonyl (C=O) groups excluding carboxylic acids is 1. The van der Waals surface area contributed by atoms with Crippen molar-refractivity contribution < 1.29 is 9.53 Å². The zero-order valence-electron chi connectivity index (χ0n) is 13.3. The summed E-state index contributed by atoms with van der Waals surface area (Å²) in [7, 11) is 0. The van der Waals surface area contributed by atoms with Crippen LogP contribution >= 0.6 is 11.6 Å². The van der Waals surface area contributed by atoms with E-state index in [2.05, 4.69) is 11.0 Å². The minimum atomic E-state index is -0.0958. The van der Waals surface area contributed by atoms with Crippen LogP contribution in [0, 0.1) is 11.3 Å². The van der Waals surface area contributed by atoms with Crippen molar-refractivity contribution in [1.29, 1.82) is 5.26 Å². The molecule has 1 heterocycles. The number of hydrogen-bond acceptors (Lipinski definition) is 4. The number of hydrogen-bond donors (Lipinski definition) is 0. The Labute approximate surface area is 146 Å². The molecule has 1 atom stereocenters. The summed E-state index contributed by atoms with van der Waals surface area (Å²) in [6.45, 7) is 3.40. The van der Waals surface area contributed by atoms with E-state index in [1.165, 1.54) is 0 Å². The van der Waals surface area contributed by atoms with E-state index in [1.54, 1.807) is 25.1 Å². The van der Waals surface area contributed by atoms with Crippen molar-refractivity contribution in [2.75, 3.05) is 24.6 Å². The SMILES string of the molecule is CC(=O)c1ccc(C#N)cc1N1CCOC(c2ccc(Cl)cc2)C1. The van der Waals surface area contributed by atoms with E-state index in [0.29, 0.717) is 35.8 Å². The molecule has 122 valence electrons. The first kappa shape index (κ1) is 16.5. The molecule has 0 bridgehead atoms. The molecule has 0 aliphatic carbocycles. The molecule has 4 nitrogen and oxygen atoms in total. The highest BCUT2D eigenvalue weighted by Crippen LogP contribution is 2.30. The largest absolute Gasteiger partial charge is 0.370 e. The Hall–Kier alpha value is -2.35. The number of ketones is 1. The maximum atomic E-state index is 11.9. The lowest BCUT2D eigenvalue weighted by molar-refractivity contribution is 0.0397. The van der Waals surface area contributed by atoms with Crippen LogP contribution in [0.3, 0.4) is 0 Å². The van der Waals surface area contributed by atoms with Crippen LogP contribution in [0.15, 0.2) is 42.5 Å². The van der Waals surface area contributed by atoms with Gasteiger partial charge in [0.05, 0.1) is 18.2 Å². The van der Waals surface area contributed by atoms with Crippen molar-refractivity contribution in [2.24, 2.45) is 0 Å². The first-order valence-corrected chi connectivity index (χ1v) is 8.13. The number of ether oxygens (including phenoxy) is 1. The molecule has 1 aliphatic rings. The summed E-state index contributed by atoms with van der Waals surface area (Å²) in [5, 5.41) is 9.84. The van der Waals surface area contributed by atoms with Gasteiger partial charge in [0.25, 0.3) is 0 Å². The minimum Gasteiger partial charge on any atom is -0.370 e. The van der Waals surface area contributed by atoms with E-state index >= 15 is 0 Å². The van der Waals surface area contributed by atoms with Gasteiger partial charge in [-0.25, -0.2) is 0 Å². The Kier molecular flexibility index (Phi) is 4.84. The van der Waals surface area contributed by atoms with Gasteiger partial charge in [-0.05, 0) is 42.8 Å². The third-order valence-electron chi connectivity index (χ3n) is 4.16. The fourth-order valence-corrected chi connectivity index (χ4v) is 3.03. The highest BCUT2D eigenvalue weighted by atomic mass is 35.5. The van der Waals surface area contributed by atoms with Crippen molar-refractivity contribution >= 4 is 23.1 Å².